The van der Waals surface area contributed by atoms with Crippen LogP contribution in [0.3, 0.4) is 0 Å². The van der Waals surface area contributed by atoms with Crippen molar-refractivity contribution in [3.63, 3.8) is 0 Å². The standard InChI is InChI=1S/C17H21N/c1-3-18(13-16-9-5-4-6-10-16)14-17-11-7-8-15(2)12-17/h4-12H,3,13-14H2,1-2H3. The summed E-state index contributed by atoms with van der Waals surface area (Å²) >= 11 is 0. The fourth-order valence-corrected chi connectivity index (χ4v) is 2.19. The van der Waals surface area contributed by atoms with Crippen LogP contribution >= 0.6 is 0 Å². The normalized spacial score (nSPS) is 10.8. The molecule has 1 nitrogen and oxygen atoms in total. The Morgan fingerprint density at radius 1 is 0.833 bits per heavy atom. The van der Waals surface area contributed by atoms with Gasteiger partial charge < -0.3 is 0 Å². The molecule has 18 heavy (non-hydrogen) atoms. The molecule has 0 fully saturated rings. The molecule has 0 heterocycles. The topological polar surface area (TPSA) is 3.24 Å². The fraction of sp³-hybridized carbons (Fsp3) is 0.294. The zero-order chi connectivity index (χ0) is 12.8. The minimum Gasteiger partial charge on any atom is -0.295 e. The summed E-state index contributed by atoms with van der Waals surface area (Å²) < 4.78 is 0. The number of nitrogens with zero attached hydrogens (tertiary/aromatic N) is 1. The van der Waals surface area contributed by atoms with Crippen LogP contribution in [0.2, 0.25) is 0 Å². The van der Waals surface area contributed by atoms with Gasteiger partial charge in [-0.15, -0.1) is 0 Å². The Bertz CT molecular complexity index is 476. The molecule has 0 unspecified atom stereocenters. The van der Waals surface area contributed by atoms with E-state index in [0.717, 1.165) is 19.6 Å². The molecule has 2 rings (SSSR count). The van der Waals surface area contributed by atoms with E-state index >= 15 is 0 Å². The van der Waals surface area contributed by atoms with Gasteiger partial charge in [-0.1, -0.05) is 67.1 Å². The lowest BCUT2D eigenvalue weighted by atomic mass is 10.1. The van der Waals surface area contributed by atoms with E-state index in [2.05, 4.69) is 73.3 Å². The highest BCUT2D eigenvalue weighted by Crippen LogP contribution is 2.11. The third kappa shape index (κ3) is 3.71. The molecule has 0 radical (unpaired) electrons. The van der Waals surface area contributed by atoms with Gasteiger partial charge in [0, 0.05) is 13.1 Å². The third-order valence-corrected chi connectivity index (χ3v) is 3.18. The second kappa shape index (κ2) is 6.36. The predicted molar refractivity (Wildman–Crippen MR) is 77.4 cm³/mol. The first-order valence-electron chi connectivity index (χ1n) is 6.59. The Morgan fingerprint density at radius 3 is 2.17 bits per heavy atom. The van der Waals surface area contributed by atoms with E-state index in [0.29, 0.717) is 0 Å². The van der Waals surface area contributed by atoms with Crippen LogP contribution in [-0.2, 0) is 13.1 Å². The van der Waals surface area contributed by atoms with E-state index < -0.39 is 0 Å². The average molecular weight is 239 g/mol. The highest BCUT2D eigenvalue weighted by atomic mass is 15.1. The molecule has 0 aliphatic carbocycles. The van der Waals surface area contributed by atoms with E-state index in [1.165, 1.54) is 16.7 Å². The summed E-state index contributed by atoms with van der Waals surface area (Å²) in [5.74, 6) is 0. The Kier molecular flexibility index (Phi) is 4.54. The quantitative estimate of drug-likeness (QED) is 0.762. The Hall–Kier alpha value is -1.60. The molecule has 1 heteroatoms. The Balaban J connectivity index is 2.01. The van der Waals surface area contributed by atoms with Crippen molar-refractivity contribution >= 4 is 0 Å². The lowest BCUT2D eigenvalue weighted by molar-refractivity contribution is 0.271. The summed E-state index contributed by atoms with van der Waals surface area (Å²) in [6, 6.07) is 19.4. The average Bonchev–Trinajstić information content (AvgIpc) is 2.39. The molecule has 94 valence electrons. The maximum absolute atomic E-state index is 2.46. The van der Waals surface area contributed by atoms with Crippen molar-refractivity contribution in [3.8, 4) is 0 Å². The highest BCUT2D eigenvalue weighted by molar-refractivity contribution is 5.22. The first-order chi connectivity index (χ1) is 8.78. The highest BCUT2D eigenvalue weighted by Gasteiger charge is 2.04. The second-order valence-electron chi connectivity index (χ2n) is 4.78. The monoisotopic (exact) mass is 239 g/mol. The number of hydrogen-bond donors (Lipinski definition) is 0. The number of hydrogen-bond acceptors (Lipinski definition) is 1. The van der Waals surface area contributed by atoms with Crippen LogP contribution < -0.4 is 0 Å². The maximum atomic E-state index is 2.46. The third-order valence-electron chi connectivity index (χ3n) is 3.18. The summed E-state index contributed by atoms with van der Waals surface area (Å²) in [6.45, 7) is 7.48. The van der Waals surface area contributed by atoms with Gasteiger partial charge in [-0.25, -0.2) is 0 Å². The first-order valence-corrected chi connectivity index (χ1v) is 6.59. The zero-order valence-electron chi connectivity index (χ0n) is 11.3. The molecule has 0 saturated carbocycles. The van der Waals surface area contributed by atoms with Crippen LogP contribution in [0.25, 0.3) is 0 Å². The minimum atomic E-state index is 1.02. The molecule has 2 aromatic rings. The maximum Gasteiger partial charge on any atom is 0.0237 e. The lowest BCUT2D eigenvalue weighted by Crippen LogP contribution is -2.22. The molecule has 0 atom stereocenters. The van der Waals surface area contributed by atoms with Crippen LogP contribution in [0.1, 0.15) is 23.6 Å². The minimum absolute atomic E-state index is 1.02. The van der Waals surface area contributed by atoms with Gasteiger partial charge in [-0.3, -0.25) is 4.90 Å². The lowest BCUT2D eigenvalue weighted by Gasteiger charge is -2.20. The fourth-order valence-electron chi connectivity index (χ4n) is 2.19. The van der Waals surface area contributed by atoms with Crippen molar-refractivity contribution in [2.75, 3.05) is 6.54 Å². The van der Waals surface area contributed by atoms with Crippen molar-refractivity contribution in [1.82, 2.24) is 4.90 Å². The van der Waals surface area contributed by atoms with Gasteiger partial charge in [0.2, 0.25) is 0 Å². The van der Waals surface area contributed by atoms with Gasteiger partial charge in [-0.2, -0.15) is 0 Å². The second-order valence-corrected chi connectivity index (χ2v) is 4.78. The van der Waals surface area contributed by atoms with Crippen molar-refractivity contribution in [3.05, 3.63) is 71.3 Å². The molecule has 0 N–H and O–H groups in total. The predicted octanol–water partition coefficient (Wildman–Crippen LogP) is 4.02. The number of rotatable bonds is 5. The summed E-state index contributed by atoms with van der Waals surface area (Å²) in [5, 5.41) is 0. The van der Waals surface area contributed by atoms with Crippen molar-refractivity contribution in [1.29, 1.82) is 0 Å². The van der Waals surface area contributed by atoms with Crippen LogP contribution in [0, 0.1) is 6.92 Å². The summed E-state index contributed by atoms with van der Waals surface area (Å²) in [7, 11) is 0. The molecule has 0 amide bonds. The van der Waals surface area contributed by atoms with Gasteiger partial charge in [-0.05, 0) is 24.6 Å². The summed E-state index contributed by atoms with van der Waals surface area (Å²) in [5.41, 5.74) is 4.11. The number of benzene rings is 2. The van der Waals surface area contributed by atoms with Crippen LogP contribution in [0.5, 0.6) is 0 Å². The van der Waals surface area contributed by atoms with E-state index in [9.17, 15) is 0 Å². The van der Waals surface area contributed by atoms with E-state index in [-0.39, 0.29) is 0 Å². The van der Waals surface area contributed by atoms with Crippen molar-refractivity contribution in [2.45, 2.75) is 26.9 Å². The van der Waals surface area contributed by atoms with E-state index in [1.807, 2.05) is 0 Å². The summed E-state index contributed by atoms with van der Waals surface area (Å²) in [4.78, 5) is 2.46. The molecule has 0 spiro atoms. The Labute approximate surface area is 110 Å². The SMILES string of the molecule is CCN(Cc1ccccc1)Cc1cccc(C)c1. The Morgan fingerprint density at radius 2 is 1.50 bits per heavy atom. The number of aryl methyl sites for hydroxylation is 1. The van der Waals surface area contributed by atoms with Crippen LogP contribution in [0.4, 0.5) is 0 Å². The molecule has 0 aliphatic heterocycles. The van der Waals surface area contributed by atoms with Gasteiger partial charge in [0.05, 0.1) is 0 Å². The van der Waals surface area contributed by atoms with Crippen LogP contribution in [0.15, 0.2) is 54.6 Å². The van der Waals surface area contributed by atoms with Gasteiger partial charge in [0.15, 0.2) is 0 Å². The van der Waals surface area contributed by atoms with Crippen molar-refractivity contribution < 1.29 is 0 Å². The molecule has 2 aromatic carbocycles. The largest absolute Gasteiger partial charge is 0.295 e. The smallest absolute Gasteiger partial charge is 0.0237 e. The molecule has 0 saturated heterocycles. The molecule has 0 aliphatic rings. The van der Waals surface area contributed by atoms with Crippen molar-refractivity contribution in [2.24, 2.45) is 0 Å². The molecular formula is C17H21N. The van der Waals surface area contributed by atoms with Gasteiger partial charge in [0.1, 0.15) is 0 Å². The first kappa shape index (κ1) is 12.8. The van der Waals surface area contributed by atoms with Gasteiger partial charge in [0.25, 0.3) is 0 Å². The molecule has 0 aromatic heterocycles. The van der Waals surface area contributed by atoms with E-state index in [1.54, 1.807) is 0 Å². The van der Waals surface area contributed by atoms with Crippen LogP contribution in [-0.4, -0.2) is 11.4 Å². The summed E-state index contributed by atoms with van der Waals surface area (Å²) in [6.07, 6.45) is 0. The molecular weight excluding hydrogens is 218 g/mol. The molecule has 0 bridgehead atoms. The van der Waals surface area contributed by atoms with E-state index in [4.69, 9.17) is 0 Å². The van der Waals surface area contributed by atoms with Gasteiger partial charge >= 0.3 is 0 Å². The zero-order valence-corrected chi connectivity index (χ0v) is 11.3.